The van der Waals surface area contributed by atoms with Gasteiger partial charge >= 0.3 is 0 Å². The van der Waals surface area contributed by atoms with Crippen LogP contribution in [0.15, 0.2) is 48.7 Å². The molecule has 0 saturated heterocycles. The first-order chi connectivity index (χ1) is 15.9. The van der Waals surface area contributed by atoms with E-state index in [2.05, 4.69) is 15.7 Å². The van der Waals surface area contributed by atoms with Gasteiger partial charge in [-0.3, -0.25) is 9.59 Å². The molecule has 33 heavy (non-hydrogen) atoms. The fourth-order valence-electron chi connectivity index (χ4n) is 3.75. The lowest BCUT2D eigenvalue weighted by Gasteiger charge is -2.11. The van der Waals surface area contributed by atoms with Gasteiger partial charge in [0.15, 0.2) is 5.65 Å². The van der Waals surface area contributed by atoms with E-state index in [0.717, 1.165) is 23.4 Å². The van der Waals surface area contributed by atoms with Crippen LogP contribution < -0.4 is 10.6 Å². The first-order valence-corrected chi connectivity index (χ1v) is 11.9. The molecule has 7 nitrogen and oxygen atoms in total. The molecular formula is C25H25N5O2S. The summed E-state index contributed by atoms with van der Waals surface area (Å²) in [5, 5.41) is 11.1. The minimum atomic E-state index is -0.245. The van der Waals surface area contributed by atoms with Crippen LogP contribution in [0.5, 0.6) is 0 Å². The van der Waals surface area contributed by atoms with Crippen LogP contribution in [-0.4, -0.2) is 26.6 Å². The van der Waals surface area contributed by atoms with Gasteiger partial charge in [0.2, 0.25) is 5.91 Å². The number of carbonyl (C=O) groups is 2. The summed E-state index contributed by atoms with van der Waals surface area (Å²) in [6.07, 6.45) is 3.58. The van der Waals surface area contributed by atoms with Gasteiger partial charge in [-0.2, -0.15) is 5.10 Å². The van der Waals surface area contributed by atoms with E-state index < -0.39 is 0 Å². The van der Waals surface area contributed by atoms with Crippen molar-refractivity contribution >= 4 is 45.6 Å². The predicted octanol–water partition coefficient (Wildman–Crippen LogP) is 5.65. The van der Waals surface area contributed by atoms with Gasteiger partial charge in [-0.1, -0.05) is 6.07 Å². The maximum Gasteiger partial charge on any atom is 0.256 e. The number of pyridine rings is 1. The van der Waals surface area contributed by atoms with Gasteiger partial charge in [-0.25, -0.2) is 9.67 Å². The number of nitrogens with one attached hydrogen (secondary N) is 2. The topological polar surface area (TPSA) is 88.9 Å². The lowest BCUT2D eigenvalue weighted by Crippen LogP contribution is -2.15. The molecule has 0 radical (unpaired) electrons. The van der Waals surface area contributed by atoms with E-state index in [1.165, 1.54) is 4.88 Å². The molecule has 1 saturated carbocycles. The third-order valence-electron chi connectivity index (χ3n) is 5.63. The third-order valence-corrected chi connectivity index (χ3v) is 6.65. The lowest BCUT2D eigenvalue weighted by molar-refractivity contribution is -0.117. The van der Waals surface area contributed by atoms with Crippen LogP contribution in [0.2, 0.25) is 0 Å². The third kappa shape index (κ3) is 4.39. The van der Waals surface area contributed by atoms with Gasteiger partial charge in [0.05, 0.1) is 27.7 Å². The zero-order valence-electron chi connectivity index (χ0n) is 18.8. The summed E-state index contributed by atoms with van der Waals surface area (Å²) < 4.78 is 1.84. The highest BCUT2D eigenvalue weighted by molar-refractivity contribution is 7.15. The second-order valence-electron chi connectivity index (χ2n) is 8.68. The van der Waals surface area contributed by atoms with E-state index in [-0.39, 0.29) is 23.8 Å². The fourth-order valence-corrected chi connectivity index (χ4v) is 4.57. The van der Waals surface area contributed by atoms with Gasteiger partial charge in [-0.05, 0) is 70.0 Å². The summed E-state index contributed by atoms with van der Waals surface area (Å²) in [6.45, 7) is 6.13. The van der Waals surface area contributed by atoms with Gasteiger partial charge < -0.3 is 10.6 Å². The molecule has 0 atom stereocenters. The second kappa shape index (κ2) is 8.44. The molecule has 5 rings (SSSR count). The highest BCUT2D eigenvalue weighted by atomic mass is 32.1. The molecule has 1 aliphatic rings. The maximum absolute atomic E-state index is 13.4. The van der Waals surface area contributed by atoms with Crippen molar-refractivity contribution in [3.05, 3.63) is 59.1 Å². The number of nitrogens with zero attached hydrogens (tertiary/aromatic N) is 3. The SMILES string of the molecule is Cc1ccc(-c2cc(C(=O)Nc3cccc(NC(=O)C4CC4)c3)c3cnn(C(C)C)c3n2)s1. The number of carbonyl (C=O) groups excluding carboxylic acids is 2. The average molecular weight is 460 g/mol. The van der Waals surface area contributed by atoms with Crippen LogP contribution >= 0.6 is 11.3 Å². The molecule has 3 aromatic heterocycles. The van der Waals surface area contributed by atoms with E-state index in [9.17, 15) is 9.59 Å². The zero-order valence-corrected chi connectivity index (χ0v) is 19.6. The Morgan fingerprint density at radius 1 is 1.09 bits per heavy atom. The molecule has 2 amide bonds. The number of aryl methyl sites for hydroxylation is 1. The van der Waals surface area contributed by atoms with E-state index >= 15 is 0 Å². The molecule has 3 heterocycles. The number of amides is 2. The zero-order chi connectivity index (χ0) is 23.1. The van der Waals surface area contributed by atoms with Crippen molar-refractivity contribution in [2.45, 2.75) is 39.7 Å². The Kier molecular flexibility index (Phi) is 5.46. The Labute approximate surface area is 195 Å². The number of hydrogen-bond donors (Lipinski definition) is 2. The first-order valence-electron chi connectivity index (χ1n) is 11.1. The van der Waals surface area contributed by atoms with Crippen LogP contribution in [0.25, 0.3) is 21.6 Å². The maximum atomic E-state index is 13.4. The van der Waals surface area contributed by atoms with Gasteiger partial charge in [-0.15, -0.1) is 11.3 Å². The summed E-state index contributed by atoms with van der Waals surface area (Å²) in [7, 11) is 0. The van der Waals surface area contributed by atoms with Crippen molar-refractivity contribution in [2.75, 3.05) is 10.6 Å². The van der Waals surface area contributed by atoms with Crippen molar-refractivity contribution in [1.29, 1.82) is 0 Å². The second-order valence-corrected chi connectivity index (χ2v) is 9.97. The highest BCUT2D eigenvalue weighted by Crippen LogP contribution is 2.32. The van der Waals surface area contributed by atoms with E-state index in [1.54, 1.807) is 23.6 Å². The average Bonchev–Trinajstić information content (AvgIpc) is 3.41. The predicted molar refractivity (Wildman–Crippen MR) is 132 cm³/mol. The van der Waals surface area contributed by atoms with Crippen molar-refractivity contribution in [1.82, 2.24) is 14.8 Å². The van der Waals surface area contributed by atoms with Crippen LogP contribution in [0.1, 0.15) is 48.0 Å². The molecule has 0 unspecified atom stereocenters. The first kappa shape index (κ1) is 21.3. The molecular weight excluding hydrogens is 434 g/mol. The summed E-state index contributed by atoms with van der Waals surface area (Å²) in [5.41, 5.74) is 3.23. The number of rotatable bonds is 6. The van der Waals surface area contributed by atoms with Crippen LogP contribution in [0.4, 0.5) is 11.4 Å². The summed E-state index contributed by atoms with van der Waals surface area (Å²) in [4.78, 5) is 32.5. The van der Waals surface area contributed by atoms with Gasteiger partial charge in [0.25, 0.3) is 5.91 Å². The molecule has 0 aliphatic heterocycles. The lowest BCUT2D eigenvalue weighted by atomic mass is 10.1. The normalized spacial score (nSPS) is 13.5. The van der Waals surface area contributed by atoms with Crippen molar-refractivity contribution in [2.24, 2.45) is 5.92 Å². The molecule has 0 bridgehead atoms. The van der Waals surface area contributed by atoms with Crippen molar-refractivity contribution in [3.8, 4) is 10.6 Å². The molecule has 1 aliphatic carbocycles. The quantitative estimate of drug-likeness (QED) is 0.390. The molecule has 168 valence electrons. The molecule has 1 aromatic carbocycles. The molecule has 0 spiro atoms. The molecule has 2 N–H and O–H groups in total. The summed E-state index contributed by atoms with van der Waals surface area (Å²) in [6, 6.07) is 13.2. The van der Waals surface area contributed by atoms with Crippen molar-refractivity contribution < 1.29 is 9.59 Å². The number of benzene rings is 1. The Morgan fingerprint density at radius 3 is 2.52 bits per heavy atom. The number of hydrogen-bond acceptors (Lipinski definition) is 5. The van der Waals surface area contributed by atoms with Gasteiger partial charge in [0.1, 0.15) is 0 Å². The monoisotopic (exact) mass is 459 g/mol. The van der Waals surface area contributed by atoms with Crippen LogP contribution in [0, 0.1) is 12.8 Å². The largest absolute Gasteiger partial charge is 0.326 e. The van der Waals surface area contributed by atoms with Crippen molar-refractivity contribution in [3.63, 3.8) is 0 Å². The smallest absolute Gasteiger partial charge is 0.256 e. The number of thiophene rings is 1. The molecule has 8 heteroatoms. The fraction of sp³-hybridized carbons (Fsp3) is 0.280. The highest BCUT2D eigenvalue weighted by Gasteiger charge is 2.29. The van der Waals surface area contributed by atoms with Crippen LogP contribution in [-0.2, 0) is 4.79 Å². The van der Waals surface area contributed by atoms with Crippen LogP contribution in [0.3, 0.4) is 0 Å². The van der Waals surface area contributed by atoms with Gasteiger partial charge in [0, 0.05) is 28.2 Å². The molecule has 1 fully saturated rings. The Morgan fingerprint density at radius 2 is 1.85 bits per heavy atom. The minimum absolute atomic E-state index is 0.0336. The Bertz CT molecular complexity index is 1370. The standard InChI is InChI=1S/C25H25N5O2S/c1-14(2)30-23-20(13-26-30)19(12-21(29-23)22-10-7-15(3)33-22)25(32)28-18-6-4-5-17(11-18)27-24(31)16-8-9-16/h4-7,10-14,16H,8-9H2,1-3H3,(H,27,31)(H,28,32). The number of fused-ring (bicyclic) bond motifs is 1. The Hall–Kier alpha value is -3.52. The Balaban J connectivity index is 1.49. The van der Waals surface area contributed by atoms with E-state index in [1.807, 2.05) is 61.9 Å². The minimum Gasteiger partial charge on any atom is -0.326 e. The van der Waals surface area contributed by atoms with E-state index in [0.29, 0.717) is 28.0 Å². The summed E-state index contributed by atoms with van der Waals surface area (Å²) >= 11 is 1.64. The molecule has 4 aromatic rings. The van der Waals surface area contributed by atoms with E-state index in [4.69, 9.17) is 4.98 Å². The number of aromatic nitrogens is 3. The summed E-state index contributed by atoms with van der Waals surface area (Å²) in [5.74, 6) is -0.0950. The number of anilines is 2.